The van der Waals surface area contributed by atoms with E-state index in [0.717, 1.165) is 39.0 Å². The summed E-state index contributed by atoms with van der Waals surface area (Å²) in [5.74, 6) is 1.83. The molecule has 9 rings (SSSR count). The van der Waals surface area contributed by atoms with Crippen LogP contribution in [0.25, 0.3) is 77.2 Å². The van der Waals surface area contributed by atoms with Crippen LogP contribution in [0.4, 0.5) is 0 Å². The molecule has 0 unspecified atom stereocenters. The summed E-state index contributed by atoms with van der Waals surface area (Å²) >= 11 is 0. The molecule has 0 saturated carbocycles. The van der Waals surface area contributed by atoms with Gasteiger partial charge in [-0.3, -0.25) is 0 Å². The normalized spacial score (nSPS) is 12.0. The van der Waals surface area contributed by atoms with Crippen molar-refractivity contribution < 1.29 is 9.15 Å². The van der Waals surface area contributed by atoms with E-state index in [0.29, 0.717) is 0 Å². The van der Waals surface area contributed by atoms with Crippen LogP contribution in [0.1, 0.15) is 0 Å². The van der Waals surface area contributed by atoms with Crippen LogP contribution in [0.3, 0.4) is 0 Å². The Morgan fingerprint density at radius 2 is 0.952 bits per heavy atom. The van der Waals surface area contributed by atoms with Crippen molar-refractivity contribution in [2.45, 2.75) is 0 Å². The van der Waals surface area contributed by atoms with Crippen molar-refractivity contribution in [3.05, 3.63) is 146 Å². The van der Waals surface area contributed by atoms with E-state index in [4.69, 9.17) is 9.15 Å². The minimum absolute atomic E-state index is 0.904. The Labute approximate surface area is 243 Å². The van der Waals surface area contributed by atoms with E-state index < -0.39 is 0 Å². The Bertz CT molecular complexity index is 2300. The van der Waals surface area contributed by atoms with Gasteiger partial charge in [0.2, 0.25) is 0 Å². The van der Waals surface area contributed by atoms with E-state index >= 15 is 0 Å². The summed E-state index contributed by atoms with van der Waals surface area (Å²) in [6.45, 7) is 0. The number of furan rings is 1. The molecule has 0 N–H and O–H groups in total. The lowest BCUT2D eigenvalue weighted by Gasteiger charge is -2.22. The fourth-order valence-corrected chi connectivity index (χ4v) is 6.36. The van der Waals surface area contributed by atoms with Crippen molar-refractivity contribution in [3.8, 4) is 56.0 Å². The highest BCUT2D eigenvalue weighted by molar-refractivity contribution is 6.06. The zero-order chi connectivity index (χ0) is 27.6. The standard InChI is InChI=1S/C40H24O2/c1-2-9-36-32(7-1)34-23-30(19-21-37(34)41-36)27-15-11-25(12-16-27)26-13-17-28(18-14-26)31-20-22-38-35(24-31)33-8-3-5-29-6-4-10-39(42-38)40(29)33/h1-24H. The Balaban J connectivity index is 1.02. The number of fused-ring (bicyclic) bond motifs is 5. The Hall–Kier alpha value is -5.60. The van der Waals surface area contributed by atoms with Crippen LogP contribution in [0, 0.1) is 0 Å². The molecule has 1 aromatic heterocycles. The minimum Gasteiger partial charge on any atom is -0.456 e. The van der Waals surface area contributed by atoms with Gasteiger partial charge in [0, 0.05) is 21.7 Å². The molecule has 196 valence electrons. The van der Waals surface area contributed by atoms with Crippen molar-refractivity contribution in [2.75, 3.05) is 0 Å². The number of rotatable bonds is 3. The second-order valence-electron chi connectivity index (χ2n) is 10.9. The number of hydrogen-bond acceptors (Lipinski definition) is 2. The Morgan fingerprint density at radius 3 is 1.71 bits per heavy atom. The van der Waals surface area contributed by atoms with Crippen LogP contribution in [0.5, 0.6) is 11.5 Å². The fraction of sp³-hybridized carbons (Fsp3) is 0. The SMILES string of the molecule is c1cc2c3c(cccc3c1)-c1cc(-c3ccc(-c4ccc(-c5ccc6oc7ccccc7c6c5)cc4)cc3)ccc1O2. The summed E-state index contributed by atoms with van der Waals surface area (Å²) in [6, 6.07) is 51.5. The van der Waals surface area contributed by atoms with E-state index in [1.807, 2.05) is 18.2 Å². The molecule has 0 radical (unpaired) electrons. The molecule has 0 fully saturated rings. The zero-order valence-electron chi connectivity index (χ0n) is 22.7. The lowest BCUT2D eigenvalue weighted by Crippen LogP contribution is -1.97. The summed E-state index contributed by atoms with van der Waals surface area (Å²) in [5.41, 5.74) is 11.3. The van der Waals surface area contributed by atoms with Crippen molar-refractivity contribution >= 4 is 32.7 Å². The number of benzene rings is 7. The molecule has 1 aliphatic rings. The van der Waals surface area contributed by atoms with E-state index in [-0.39, 0.29) is 0 Å². The van der Waals surface area contributed by atoms with Gasteiger partial charge in [-0.15, -0.1) is 0 Å². The average molecular weight is 537 g/mol. The molecular weight excluding hydrogens is 512 g/mol. The van der Waals surface area contributed by atoms with Gasteiger partial charge in [0.25, 0.3) is 0 Å². The molecular formula is C40H24O2. The highest BCUT2D eigenvalue weighted by Crippen LogP contribution is 2.47. The first-order chi connectivity index (χ1) is 20.8. The highest BCUT2D eigenvalue weighted by atomic mass is 16.5. The zero-order valence-corrected chi connectivity index (χ0v) is 22.7. The van der Waals surface area contributed by atoms with Gasteiger partial charge in [-0.1, -0.05) is 109 Å². The quantitative estimate of drug-likeness (QED) is 0.224. The lowest BCUT2D eigenvalue weighted by atomic mass is 9.92. The summed E-state index contributed by atoms with van der Waals surface area (Å²) in [5, 5.41) is 4.69. The maximum absolute atomic E-state index is 6.29. The predicted molar refractivity (Wildman–Crippen MR) is 173 cm³/mol. The van der Waals surface area contributed by atoms with Crippen molar-refractivity contribution in [3.63, 3.8) is 0 Å². The smallest absolute Gasteiger partial charge is 0.135 e. The third-order valence-corrected chi connectivity index (χ3v) is 8.50. The molecule has 2 heteroatoms. The van der Waals surface area contributed by atoms with E-state index in [1.165, 1.54) is 49.7 Å². The first kappa shape index (κ1) is 23.1. The molecule has 42 heavy (non-hydrogen) atoms. The topological polar surface area (TPSA) is 22.4 Å². The summed E-state index contributed by atoms with van der Waals surface area (Å²) in [4.78, 5) is 0. The number of hydrogen-bond donors (Lipinski definition) is 0. The molecule has 2 heterocycles. The monoisotopic (exact) mass is 536 g/mol. The highest BCUT2D eigenvalue weighted by Gasteiger charge is 2.20. The van der Waals surface area contributed by atoms with Crippen LogP contribution < -0.4 is 4.74 Å². The molecule has 0 saturated heterocycles. The van der Waals surface area contributed by atoms with Crippen LogP contribution >= 0.6 is 0 Å². The molecule has 2 nitrogen and oxygen atoms in total. The molecule has 0 aliphatic carbocycles. The van der Waals surface area contributed by atoms with Gasteiger partial charge in [-0.05, 0) is 80.7 Å². The summed E-state index contributed by atoms with van der Waals surface area (Å²) in [6.07, 6.45) is 0. The van der Waals surface area contributed by atoms with Crippen molar-refractivity contribution in [1.29, 1.82) is 0 Å². The van der Waals surface area contributed by atoms with Gasteiger partial charge in [-0.2, -0.15) is 0 Å². The van der Waals surface area contributed by atoms with Gasteiger partial charge in [0.05, 0.1) is 0 Å². The van der Waals surface area contributed by atoms with Crippen LogP contribution in [-0.4, -0.2) is 0 Å². The molecule has 0 amide bonds. The van der Waals surface area contributed by atoms with Crippen LogP contribution in [-0.2, 0) is 0 Å². The second kappa shape index (κ2) is 8.95. The summed E-state index contributed by atoms with van der Waals surface area (Å²) in [7, 11) is 0. The van der Waals surface area contributed by atoms with Crippen LogP contribution in [0.15, 0.2) is 150 Å². The maximum Gasteiger partial charge on any atom is 0.135 e. The first-order valence-electron chi connectivity index (χ1n) is 14.3. The maximum atomic E-state index is 6.29. The number of ether oxygens (including phenoxy) is 1. The molecule has 7 aromatic carbocycles. The molecule has 0 spiro atoms. The third kappa shape index (κ3) is 3.59. The largest absolute Gasteiger partial charge is 0.456 e. The van der Waals surface area contributed by atoms with Crippen molar-refractivity contribution in [1.82, 2.24) is 0 Å². The summed E-state index contributed by atoms with van der Waals surface area (Å²) < 4.78 is 12.3. The van der Waals surface area contributed by atoms with Gasteiger partial charge >= 0.3 is 0 Å². The second-order valence-corrected chi connectivity index (χ2v) is 10.9. The molecule has 0 atom stereocenters. The van der Waals surface area contributed by atoms with E-state index in [2.05, 4.69) is 127 Å². The Morgan fingerprint density at radius 1 is 0.357 bits per heavy atom. The van der Waals surface area contributed by atoms with E-state index in [9.17, 15) is 0 Å². The van der Waals surface area contributed by atoms with Gasteiger partial charge in [-0.25, -0.2) is 0 Å². The molecule has 0 bridgehead atoms. The fourth-order valence-electron chi connectivity index (χ4n) is 6.36. The third-order valence-electron chi connectivity index (χ3n) is 8.50. The van der Waals surface area contributed by atoms with Gasteiger partial charge < -0.3 is 9.15 Å². The lowest BCUT2D eigenvalue weighted by molar-refractivity contribution is 0.487. The first-order valence-corrected chi connectivity index (χ1v) is 14.3. The van der Waals surface area contributed by atoms with Gasteiger partial charge in [0.15, 0.2) is 0 Å². The van der Waals surface area contributed by atoms with Crippen LogP contribution in [0.2, 0.25) is 0 Å². The molecule has 1 aliphatic heterocycles. The number of para-hydroxylation sites is 1. The predicted octanol–water partition coefficient (Wildman–Crippen LogP) is 11.5. The van der Waals surface area contributed by atoms with E-state index in [1.54, 1.807) is 0 Å². The average Bonchev–Trinajstić information content (AvgIpc) is 3.43. The van der Waals surface area contributed by atoms with Crippen molar-refractivity contribution in [2.24, 2.45) is 0 Å². The Kier molecular flexibility index (Phi) is 4.93. The van der Waals surface area contributed by atoms with Gasteiger partial charge in [0.1, 0.15) is 22.7 Å². The minimum atomic E-state index is 0.904. The molecule has 8 aromatic rings.